The Bertz CT molecular complexity index is 506. The van der Waals surface area contributed by atoms with Crippen molar-refractivity contribution in [3.05, 3.63) is 29.3 Å². The number of carbonyl (C=O) groups is 2. The first-order chi connectivity index (χ1) is 8.88. The van der Waals surface area contributed by atoms with Crippen LogP contribution < -0.4 is 11.1 Å². The zero-order valence-electron chi connectivity index (χ0n) is 10.7. The van der Waals surface area contributed by atoms with Gasteiger partial charge in [-0.05, 0) is 19.1 Å². The summed E-state index contributed by atoms with van der Waals surface area (Å²) in [6, 6.07) is 1.94. The van der Waals surface area contributed by atoms with Gasteiger partial charge in [-0.2, -0.15) is 0 Å². The second-order valence-electron chi connectivity index (χ2n) is 3.94. The molecule has 0 bridgehead atoms. The maximum Gasteiger partial charge on any atom is 0.260 e. The lowest BCUT2D eigenvalue weighted by Crippen LogP contribution is -2.38. The molecule has 1 rings (SSSR count). The predicted molar refractivity (Wildman–Crippen MR) is 66.4 cm³/mol. The van der Waals surface area contributed by atoms with Crippen LogP contribution in [0.2, 0.25) is 0 Å². The standard InChI is InChI=1S/C12H15F2N3O2/c1-3-16-9(18)6-17(2)12(19)10-7(13)4-5-8(15)11(10)14/h4-5H,3,6,15H2,1-2H3,(H,16,18). The van der Waals surface area contributed by atoms with Crippen molar-refractivity contribution in [3.63, 3.8) is 0 Å². The molecule has 0 aliphatic heterocycles. The zero-order valence-corrected chi connectivity index (χ0v) is 10.7. The van der Waals surface area contributed by atoms with Crippen LogP contribution in [0.5, 0.6) is 0 Å². The average molecular weight is 271 g/mol. The van der Waals surface area contributed by atoms with Crippen molar-refractivity contribution >= 4 is 17.5 Å². The van der Waals surface area contributed by atoms with E-state index in [0.717, 1.165) is 17.0 Å². The second kappa shape index (κ2) is 6.12. The monoisotopic (exact) mass is 271 g/mol. The molecule has 5 nitrogen and oxygen atoms in total. The Kier molecular flexibility index (Phi) is 4.80. The molecule has 1 aromatic rings. The van der Waals surface area contributed by atoms with E-state index in [1.165, 1.54) is 7.05 Å². The molecule has 0 aliphatic carbocycles. The van der Waals surface area contributed by atoms with Crippen LogP contribution in [0.4, 0.5) is 14.5 Å². The van der Waals surface area contributed by atoms with Crippen LogP contribution in [-0.4, -0.2) is 36.9 Å². The van der Waals surface area contributed by atoms with Gasteiger partial charge in [-0.25, -0.2) is 8.78 Å². The fourth-order valence-electron chi connectivity index (χ4n) is 1.50. The number of hydrogen-bond acceptors (Lipinski definition) is 3. The highest BCUT2D eigenvalue weighted by Crippen LogP contribution is 2.19. The molecule has 0 fully saturated rings. The van der Waals surface area contributed by atoms with Crippen LogP contribution in [0.25, 0.3) is 0 Å². The lowest BCUT2D eigenvalue weighted by molar-refractivity contribution is -0.121. The normalized spacial score (nSPS) is 10.1. The van der Waals surface area contributed by atoms with Crippen LogP contribution in [0.1, 0.15) is 17.3 Å². The molecule has 0 aromatic heterocycles. The van der Waals surface area contributed by atoms with Crippen molar-refractivity contribution in [1.82, 2.24) is 10.2 Å². The highest BCUT2D eigenvalue weighted by Gasteiger charge is 2.23. The summed E-state index contributed by atoms with van der Waals surface area (Å²) in [5.74, 6) is -3.48. The number of nitrogen functional groups attached to an aromatic ring is 1. The van der Waals surface area contributed by atoms with Crippen molar-refractivity contribution in [2.24, 2.45) is 0 Å². The van der Waals surface area contributed by atoms with E-state index in [4.69, 9.17) is 5.73 Å². The molecule has 0 saturated carbocycles. The molecule has 0 saturated heterocycles. The summed E-state index contributed by atoms with van der Waals surface area (Å²) in [6.07, 6.45) is 0. The minimum absolute atomic E-state index is 0.291. The number of benzene rings is 1. The van der Waals surface area contributed by atoms with Crippen molar-refractivity contribution in [3.8, 4) is 0 Å². The number of likely N-dealkylation sites (N-methyl/N-ethyl adjacent to an activating group) is 2. The molecule has 0 aliphatic rings. The number of halogens is 2. The van der Waals surface area contributed by atoms with E-state index >= 15 is 0 Å². The molecular weight excluding hydrogens is 256 g/mol. The summed E-state index contributed by atoms with van der Waals surface area (Å²) in [5, 5.41) is 2.48. The molecule has 0 radical (unpaired) electrons. The number of nitrogens with zero attached hydrogens (tertiary/aromatic N) is 1. The van der Waals surface area contributed by atoms with Crippen LogP contribution in [0.15, 0.2) is 12.1 Å². The second-order valence-corrected chi connectivity index (χ2v) is 3.94. The third kappa shape index (κ3) is 3.40. The third-order valence-corrected chi connectivity index (χ3v) is 2.44. The molecular formula is C12H15F2N3O2. The van der Waals surface area contributed by atoms with E-state index in [1.807, 2.05) is 0 Å². The van der Waals surface area contributed by atoms with Gasteiger partial charge in [0.1, 0.15) is 11.4 Å². The quantitative estimate of drug-likeness (QED) is 0.794. The molecule has 2 amide bonds. The predicted octanol–water partition coefficient (Wildman–Crippen LogP) is 0.755. The lowest BCUT2D eigenvalue weighted by atomic mass is 10.1. The molecule has 0 atom stereocenters. The maximum atomic E-state index is 13.6. The average Bonchev–Trinajstić information content (AvgIpc) is 2.34. The highest BCUT2D eigenvalue weighted by molar-refractivity contribution is 5.97. The number of amides is 2. The van der Waals surface area contributed by atoms with E-state index < -0.39 is 29.0 Å². The van der Waals surface area contributed by atoms with Gasteiger partial charge in [0.2, 0.25) is 5.91 Å². The summed E-state index contributed by atoms with van der Waals surface area (Å²) in [7, 11) is 1.28. The van der Waals surface area contributed by atoms with Crippen molar-refractivity contribution in [2.75, 3.05) is 25.9 Å². The molecule has 104 valence electrons. The number of nitrogens with one attached hydrogen (secondary N) is 1. The van der Waals surface area contributed by atoms with Crippen LogP contribution in [-0.2, 0) is 4.79 Å². The number of nitrogens with two attached hydrogens (primary N) is 1. The number of hydrogen-bond donors (Lipinski definition) is 2. The molecule has 3 N–H and O–H groups in total. The van der Waals surface area contributed by atoms with Crippen molar-refractivity contribution in [1.29, 1.82) is 0 Å². The number of carbonyl (C=O) groups excluding carboxylic acids is 2. The number of anilines is 1. The smallest absolute Gasteiger partial charge is 0.260 e. The van der Waals surface area contributed by atoms with Gasteiger partial charge < -0.3 is 16.0 Å². The van der Waals surface area contributed by atoms with E-state index in [-0.39, 0.29) is 12.2 Å². The van der Waals surface area contributed by atoms with Gasteiger partial charge in [0.05, 0.1) is 12.2 Å². The molecule has 19 heavy (non-hydrogen) atoms. The number of rotatable bonds is 4. The van der Waals surface area contributed by atoms with E-state index in [1.54, 1.807) is 6.92 Å². The summed E-state index contributed by atoms with van der Waals surface area (Å²) in [5.41, 5.74) is 4.20. The first-order valence-corrected chi connectivity index (χ1v) is 5.64. The minimum atomic E-state index is -1.12. The van der Waals surface area contributed by atoms with Gasteiger partial charge in [-0.3, -0.25) is 9.59 Å². The molecule has 1 aromatic carbocycles. The van der Waals surface area contributed by atoms with E-state index in [0.29, 0.717) is 6.54 Å². The Morgan fingerprint density at radius 1 is 1.37 bits per heavy atom. The minimum Gasteiger partial charge on any atom is -0.396 e. The van der Waals surface area contributed by atoms with Gasteiger partial charge in [0.25, 0.3) is 5.91 Å². The Morgan fingerprint density at radius 3 is 2.58 bits per heavy atom. The van der Waals surface area contributed by atoms with Crippen molar-refractivity contribution in [2.45, 2.75) is 6.92 Å². The Hall–Kier alpha value is -2.18. The maximum absolute atomic E-state index is 13.6. The summed E-state index contributed by atoms with van der Waals surface area (Å²) < 4.78 is 27.1. The van der Waals surface area contributed by atoms with Crippen LogP contribution >= 0.6 is 0 Å². The van der Waals surface area contributed by atoms with E-state index in [9.17, 15) is 18.4 Å². The first-order valence-electron chi connectivity index (χ1n) is 5.64. The topological polar surface area (TPSA) is 75.4 Å². The van der Waals surface area contributed by atoms with Crippen LogP contribution in [0, 0.1) is 11.6 Å². The van der Waals surface area contributed by atoms with Gasteiger partial charge >= 0.3 is 0 Å². The summed E-state index contributed by atoms with van der Waals surface area (Å²) in [6.45, 7) is 1.83. The zero-order chi connectivity index (χ0) is 14.6. The largest absolute Gasteiger partial charge is 0.396 e. The first kappa shape index (κ1) is 14.9. The molecule has 0 spiro atoms. The van der Waals surface area contributed by atoms with Crippen LogP contribution in [0.3, 0.4) is 0 Å². The van der Waals surface area contributed by atoms with Gasteiger partial charge in [0, 0.05) is 13.6 Å². The molecule has 7 heteroatoms. The highest BCUT2D eigenvalue weighted by atomic mass is 19.1. The van der Waals surface area contributed by atoms with Gasteiger partial charge in [-0.1, -0.05) is 0 Å². The molecule has 0 unspecified atom stereocenters. The van der Waals surface area contributed by atoms with Gasteiger partial charge in [-0.15, -0.1) is 0 Å². The third-order valence-electron chi connectivity index (χ3n) is 2.44. The van der Waals surface area contributed by atoms with E-state index in [2.05, 4.69) is 5.32 Å². The Morgan fingerprint density at radius 2 is 2.00 bits per heavy atom. The lowest BCUT2D eigenvalue weighted by Gasteiger charge is -2.17. The molecule has 0 heterocycles. The Labute approximate surface area is 109 Å². The van der Waals surface area contributed by atoms with Gasteiger partial charge in [0.15, 0.2) is 5.82 Å². The van der Waals surface area contributed by atoms with Crippen molar-refractivity contribution < 1.29 is 18.4 Å². The fourth-order valence-corrected chi connectivity index (χ4v) is 1.50. The SMILES string of the molecule is CCNC(=O)CN(C)C(=O)c1c(F)ccc(N)c1F. The fraction of sp³-hybridized carbons (Fsp3) is 0.333. The Balaban J connectivity index is 2.94. The summed E-state index contributed by atoms with van der Waals surface area (Å²) in [4.78, 5) is 24.1. The summed E-state index contributed by atoms with van der Waals surface area (Å²) >= 11 is 0.